The normalized spacial score (nSPS) is 32.4. The quantitative estimate of drug-likeness (QED) is 0.491. The molecule has 0 aromatic rings. The van der Waals surface area contributed by atoms with Crippen molar-refractivity contribution in [3.05, 3.63) is 37.5 Å². The van der Waals surface area contributed by atoms with Crippen LogP contribution in [0, 0.1) is 11.8 Å². The molecule has 0 aromatic heterocycles. The monoisotopic (exact) mass is 120 g/mol. The second-order valence-corrected chi connectivity index (χ2v) is 2.42. The lowest BCUT2D eigenvalue weighted by atomic mass is 10.0. The third kappa shape index (κ3) is 1.32. The first-order valence-corrected chi connectivity index (χ1v) is 3.30. The Morgan fingerprint density at radius 2 is 1.56 bits per heavy atom. The smallest absolute Gasteiger partial charge is 0.00474 e. The first-order chi connectivity index (χ1) is 4.36. The summed E-state index contributed by atoms with van der Waals surface area (Å²) in [5.74, 6) is 1.18. The first-order valence-electron chi connectivity index (χ1n) is 3.30. The third-order valence-corrected chi connectivity index (χ3v) is 1.76. The molecule has 2 atom stereocenters. The molecule has 0 nitrogen and oxygen atoms in total. The minimum atomic E-state index is 0.591. The zero-order valence-corrected chi connectivity index (χ0v) is 5.59. The third-order valence-electron chi connectivity index (χ3n) is 1.76. The molecule has 0 N–H and O–H groups in total. The van der Waals surface area contributed by atoms with Crippen LogP contribution in [0.15, 0.2) is 37.5 Å². The van der Waals surface area contributed by atoms with Gasteiger partial charge in [-0.2, -0.15) is 0 Å². The van der Waals surface area contributed by atoms with Gasteiger partial charge in [0, 0.05) is 0 Å². The highest BCUT2D eigenvalue weighted by Crippen LogP contribution is 2.24. The van der Waals surface area contributed by atoms with E-state index in [4.69, 9.17) is 0 Å². The molecule has 0 heterocycles. The van der Waals surface area contributed by atoms with Crippen LogP contribution < -0.4 is 0 Å². The molecule has 48 valence electrons. The lowest BCUT2D eigenvalue weighted by Crippen LogP contribution is -1.90. The second-order valence-electron chi connectivity index (χ2n) is 2.42. The highest BCUT2D eigenvalue weighted by molar-refractivity contribution is 5.11. The number of rotatable bonds is 2. The van der Waals surface area contributed by atoms with Gasteiger partial charge in [0.25, 0.3) is 0 Å². The molecule has 9 heavy (non-hydrogen) atoms. The van der Waals surface area contributed by atoms with E-state index in [1.807, 2.05) is 12.2 Å². The van der Waals surface area contributed by atoms with Crippen molar-refractivity contribution in [3.8, 4) is 0 Å². The highest BCUT2D eigenvalue weighted by Gasteiger charge is 2.11. The Labute approximate surface area is 56.6 Å². The van der Waals surface area contributed by atoms with E-state index in [1.165, 1.54) is 6.42 Å². The molecule has 0 fully saturated rings. The molecule has 0 aliphatic heterocycles. The molecule has 0 saturated heterocycles. The first kappa shape index (κ1) is 6.34. The summed E-state index contributed by atoms with van der Waals surface area (Å²) in [5, 5.41) is 0. The van der Waals surface area contributed by atoms with Crippen LogP contribution in [-0.2, 0) is 0 Å². The molecule has 0 saturated carbocycles. The van der Waals surface area contributed by atoms with Gasteiger partial charge in [0.1, 0.15) is 0 Å². The molecular weight excluding hydrogens is 108 g/mol. The van der Waals surface area contributed by atoms with Gasteiger partial charge in [-0.05, 0) is 18.3 Å². The summed E-state index contributed by atoms with van der Waals surface area (Å²) in [4.78, 5) is 0. The molecule has 0 heteroatoms. The molecule has 0 bridgehead atoms. The van der Waals surface area contributed by atoms with Crippen LogP contribution in [0.2, 0.25) is 0 Å². The van der Waals surface area contributed by atoms with E-state index in [1.54, 1.807) is 0 Å². The van der Waals surface area contributed by atoms with Crippen LogP contribution in [0.3, 0.4) is 0 Å². The van der Waals surface area contributed by atoms with E-state index in [-0.39, 0.29) is 0 Å². The Morgan fingerprint density at radius 3 is 1.78 bits per heavy atom. The SMILES string of the molecule is C=C[C@@H]1C=C[C@H](C=C)C1. The Bertz CT molecular complexity index is 126. The maximum Gasteiger partial charge on any atom is -0.00474 e. The molecule has 0 aromatic carbocycles. The van der Waals surface area contributed by atoms with Gasteiger partial charge < -0.3 is 0 Å². The second kappa shape index (κ2) is 2.67. The van der Waals surface area contributed by atoms with E-state index in [0.29, 0.717) is 11.8 Å². The van der Waals surface area contributed by atoms with Crippen LogP contribution in [0.1, 0.15) is 6.42 Å². The Morgan fingerprint density at radius 1 is 1.11 bits per heavy atom. The minimum Gasteiger partial charge on any atom is -0.102 e. The van der Waals surface area contributed by atoms with Crippen molar-refractivity contribution in [3.63, 3.8) is 0 Å². The minimum absolute atomic E-state index is 0.591. The fraction of sp³-hybridized carbons (Fsp3) is 0.333. The van der Waals surface area contributed by atoms with Crippen molar-refractivity contribution in [1.29, 1.82) is 0 Å². The zero-order chi connectivity index (χ0) is 6.69. The molecule has 1 aliphatic carbocycles. The van der Waals surface area contributed by atoms with Crippen molar-refractivity contribution < 1.29 is 0 Å². The topological polar surface area (TPSA) is 0 Å². The van der Waals surface area contributed by atoms with E-state index >= 15 is 0 Å². The summed E-state index contributed by atoms with van der Waals surface area (Å²) in [6.07, 6.45) is 9.53. The molecule has 0 radical (unpaired) electrons. The van der Waals surface area contributed by atoms with Gasteiger partial charge in [-0.3, -0.25) is 0 Å². The number of hydrogen-bond donors (Lipinski definition) is 0. The average Bonchev–Trinajstić information content (AvgIpc) is 2.34. The van der Waals surface area contributed by atoms with Crippen molar-refractivity contribution in [2.75, 3.05) is 0 Å². The Hall–Kier alpha value is -0.780. The van der Waals surface area contributed by atoms with Crippen molar-refractivity contribution in [1.82, 2.24) is 0 Å². The van der Waals surface area contributed by atoms with E-state index < -0.39 is 0 Å². The van der Waals surface area contributed by atoms with Crippen molar-refractivity contribution in [2.45, 2.75) is 6.42 Å². The predicted octanol–water partition coefficient (Wildman–Crippen LogP) is 2.55. The van der Waals surface area contributed by atoms with Gasteiger partial charge >= 0.3 is 0 Å². The van der Waals surface area contributed by atoms with E-state index in [0.717, 1.165) is 0 Å². The fourth-order valence-corrected chi connectivity index (χ4v) is 1.11. The maximum absolute atomic E-state index is 3.73. The summed E-state index contributed by atoms with van der Waals surface area (Å²) in [5.41, 5.74) is 0. The van der Waals surface area contributed by atoms with E-state index in [2.05, 4.69) is 25.3 Å². The molecular formula is C9H12. The Kier molecular flexibility index (Phi) is 1.88. The number of allylic oxidation sites excluding steroid dienone is 4. The lowest BCUT2D eigenvalue weighted by molar-refractivity contribution is 0.679. The fourth-order valence-electron chi connectivity index (χ4n) is 1.11. The zero-order valence-electron chi connectivity index (χ0n) is 5.59. The molecule has 0 spiro atoms. The summed E-state index contributed by atoms with van der Waals surface area (Å²) in [6.45, 7) is 7.45. The van der Waals surface area contributed by atoms with Crippen LogP contribution in [-0.4, -0.2) is 0 Å². The van der Waals surface area contributed by atoms with Gasteiger partial charge in [-0.1, -0.05) is 24.3 Å². The van der Waals surface area contributed by atoms with Gasteiger partial charge in [0.05, 0.1) is 0 Å². The number of hydrogen-bond acceptors (Lipinski definition) is 0. The molecule has 1 aliphatic rings. The van der Waals surface area contributed by atoms with Crippen molar-refractivity contribution >= 4 is 0 Å². The summed E-state index contributed by atoms with van der Waals surface area (Å²) in [7, 11) is 0. The maximum atomic E-state index is 3.73. The van der Waals surface area contributed by atoms with Crippen molar-refractivity contribution in [2.24, 2.45) is 11.8 Å². The van der Waals surface area contributed by atoms with Crippen LogP contribution in [0.25, 0.3) is 0 Å². The highest BCUT2D eigenvalue weighted by atomic mass is 14.2. The average molecular weight is 120 g/mol. The molecule has 1 rings (SSSR count). The van der Waals surface area contributed by atoms with Crippen LogP contribution >= 0.6 is 0 Å². The largest absolute Gasteiger partial charge is 0.102 e. The van der Waals surface area contributed by atoms with Gasteiger partial charge in [-0.25, -0.2) is 0 Å². The lowest BCUT2D eigenvalue weighted by Gasteiger charge is -2.00. The summed E-state index contributed by atoms with van der Waals surface area (Å²) < 4.78 is 0. The standard InChI is InChI=1S/C9H12/c1-3-8-5-6-9(4-2)7-8/h3-6,8-9H,1-2,7H2/t8-,9+. The van der Waals surface area contributed by atoms with Gasteiger partial charge in [0.15, 0.2) is 0 Å². The van der Waals surface area contributed by atoms with Gasteiger partial charge in [-0.15, -0.1) is 13.2 Å². The van der Waals surface area contributed by atoms with Gasteiger partial charge in [0.2, 0.25) is 0 Å². The molecule has 0 amide bonds. The Balaban J connectivity index is 2.48. The van der Waals surface area contributed by atoms with E-state index in [9.17, 15) is 0 Å². The van der Waals surface area contributed by atoms with Crippen LogP contribution in [0.4, 0.5) is 0 Å². The predicted molar refractivity (Wildman–Crippen MR) is 41.1 cm³/mol. The molecule has 0 unspecified atom stereocenters. The van der Waals surface area contributed by atoms with Crippen LogP contribution in [0.5, 0.6) is 0 Å². The summed E-state index contributed by atoms with van der Waals surface area (Å²) in [6, 6.07) is 0. The summed E-state index contributed by atoms with van der Waals surface area (Å²) >= 11 is 0.